The largest absolute Gasteiger partial charge is 0.477 e. The molecular weight excluding hydrogens is 370 g/mol. The Morgan fingerprint density at radius 3 is 2.70 bits per heavy atom. The standard InChI is InChI=1S/C18H29N3O5S/c1-9(22)15-12-7-14(16(18(25)26)21(12)17(15)24)27-10-6-11(19-8-10)13(23)4-5-20(2)3/h9-13,15,19,22-23H,4-8H2,1-3H3,(H,25,26)/t9-,10+,11+,12-,13-,15-/m1/s1. The average Bonchev–Trinajstić information content (AvgIpc) is 3.15. The molecule has 0 spiro atoms. The first-order chi connectivity index (χ1) is 12.7. The van der Waals surface area contributed by atoms with E-state index in [1.807, 2.05) is 19.0 Å². The highest BCUT2D eigenvalue weighted by Crippen LogP contribution is 2.48. The van der Waals surface area contributed by atoms with Gasteiger partial charge in [-0.05, 0) is 33.9 Å². The van der Waals surface area contributed by atoms with E-state index in [0.717, 1.165) is 13.0 Å². The maximum absolute atomic E-state index is 12.3. The number of β-lactam (4-membered cyclic amide) rings is 1. The van der Waals surface area contributed by atoms with Crippen molar-refractivity contribution < 1.29 is 24.9 Å². The lowest BCUT2D eigenvalue weighted by Crippen LogP contribution is -2.61. The van der Waals surface area contributed by atoms with Gasteiger partial charge < -0.3 is 30.4 Å². The Kier molecular flexibility index (Phi) is 6.17. The topological polar surface area (TPSA) is 113 Å². The van der Waals surface area contributed by atoms with E-state index in [1.165, 1.54) is 16.7 Å². The van der Waals surface area contributed by atoms with Crippen LogP contribution in [0.3, 0.4) is 0 Å². The summed E-state index contributed by atoms with van der Waals surface area (Å²) >= 11 is 1.50. The van der Waals surface area contributed by atoms with E-state index in [1.54, 1.807) is 6.92 Å². The number of hydrogen-bond donors (Lipinski definition) is 4. The van der Waals surface area contributed by atoms with Gasteiger partial charge in [0.15, 0.2) is 0 Å². The summed E-state index contributed by atoms with van der Waals surface area (Å²) in [7, 11) is 3.94. The van der Waals surface area contributed by atoms with E-state index >= 15 is 0 Å². The van der Waals surface area contributed by atoms with E-state index < -0.39 is 24.1 Å². The SMILES string of the molecule is C[C@@H](O)[C@H]1C(=O)N2C(C(=O)O)=C(S[C@@H]3CN[C@H]([C@H](O)CCN(C)C)C3)C[C@H]12. The van der Waals surface area contributed by atoms with Gasteiger partial charge in [-0.3, -0.25) is 4.79 Å². The van der Waals surface area contributed by atoms with Crippen LogP contribution in [0, 0.1) is 5.92 Å². The van der Waals surface area contributed by atoms with Gasteiger partial charge in [0.05, 0.1) is 24.2 Å². The Labute approximate surface area is 163 Å². The maximum atomic E-state index is 12.3. The third-order valence-corrected chi connectivity index (χ3v) is 7.00. The van der Waals surface area contributed by atoms with Crippen molar-refractivity contribution in [3.63, 3.8) is 0 Å². The zero-order valence-electron chi connectivity index (χ0n) is 16.0. The van der Waals surface area contributed by atoms with Gasteiger partial charge in [0.2, 0.25) is 5.91 Å². The number of rotatable bonds is 8. The molecule has 4 N–H and O–H groups in total. The second kappa shape index (κ2) is 8.08. The summed E-state index contributed by atoms with van der Waals surface area (Å²) in [6.07, 6.45) is 0.718. The molecule has 0 saturated carbocycles. The van der Waals surface area contributed by atoms with E-state index in [0.29, 0.717) is 24.3 Å². The minimum atomic E-state index is -1.09. The van der Waals surface area contributed by atoms with E-state index in [-0.39, 0.29) is 28.9 Å². The van der Waals surface area contributed by atoms with Crippen LogP contribution in [0.15, 0.2) is 10.6 Å². The third-order valence-electron chi connectivity index (χ3n) is 5.66. The van der Waals surface area contributed by atoms with Crippen LogP contribution < -0.4 is 5.32 Å². The zero-order chi connectivity index (χ0) is 19.9. The number of aliphatic hydroxyl groups is 2. The number of carboxylic acid groups (broad SMARTS) is 1. The maximum Gasteiger partial charge on any atom is 0.353 e. The molecule has 3 heterocycles. The first-order valence-electron chi connectivity index (χ1n) is 9.41. The van der Waals surface area contributed by atoms with Crippen LogP contribution in [0.1, 0.15) is 26.2 Å². The normalized spacial score (nSPS) is 32.7. The smallest absolute Gasteiger partial charge is 0.353 e. The van der Waals surface area contributed by atoms with Gasteiger partial charge >= 0.3 is 5.97 Å². The number of nitrogens with one attached hydrogen (secondary N) is 1. The summed E-state index contributed by atoms with van der Waals surface area (Å²) in [5.41, 5.74) is 0.0727. The summed E-state index contributed by atoms with van der Waals surface area (Å²) < 4.78 is 0. The molecule has 0 aromatic rings. The molecule has 0 radical (unpaired) electrons. The summed E-state index contributed by atoms with van der Waals surface area (Å²) in [6.45, 7) is 3.08. The van der Waals surface area contributed by atoms with Crippen molar-refractivity contribution in [1.29, 1.82) is 0 Å². The number of aliphatic hydroxyl groups excluding tert-OH is 2. The van der Waals surface area contributed by atoms with Crippen LogP contribution in [-0.4, -0.2) is 93.7 Å². The second-order valence-electron chi connectivity index (χ2n) is 7.97. The Hall–Kier alpha value is -1.13. The molecule has 1 amide bonds. The van der Waals surface area contributed by atoms with Crippen molar-refractivity contribution in [3.05, 3.63) is 10.6 Å². The fourth-order valence-corrected chi connectivity index (χ4v) is 5.69. The zero-order valence-corrected chi connectivity index (χ0v) is 16.8. The summed E-state index contributed by atoms with van der Waals surface area (Å²) in [4.78, 5) is 28.1. The van der Waals surface area contributed by atoms with Gasteiger partial charge in [-0.15, -0.1) is 11.8 Å². The highest BCUT2D eigenvalue weighted by atomic mass is 32.2. The van der Waals surface area contributed by atoms with Gasteiger partial charge in [-0.2, -0.15) is 0 Å². The summed E-state index contributed by atoms with van der Waals surface area (Å²) in [5.74, 6) is -1.91. The first-order valence-corrected chi connectivity index (χ1v) is 10.3. The Balaban J connectivity index is 1.62. The Morgan fingerprint density at radius 2 is 2.11 bits per heavy atom. The molecule has 8 nitrogen and oxygen atoms in total. The van der Waals surface area contributed by atoms with E-state index in [4.69, 9.17) is 0 Å². The molecule has 27 heavy (non-hydrogen) atoms. The molecule has 0 aromatic carbocycles. The predicted octanol–water partition coefficient (Wildman–Crippen LogP) is -0.330. The van der Waals surface area contributed by atoms with Crippen molar-refractivity contribution in [2.75, 3.05) is 27.2 Å². The number of carboxylic acids is 1. The van der Waals surface area contributed by atoms with Crippen molar-refractivity contribution in [1.82, 2.24) is 15.1 Å². The Bertz CT molecular complexity index is 638. The predicted molar refractivity (Wildman–Crippen MR) is 102 cm³/mol. The Morgan fingerprint density at radius 1 is 1.41 bits per heavy atom. The molecule has 152 valence electrons. The summed E-state index contributed by atoms with van der Waals surface area (Å²) in [6, 6.07) is -0.247. The average molecular weight is 400 g/mol. The van der Waals surface area contributed by atoms with Gasteiger partial charge in [-0.1, -0.05) is 0 Å². The fraction of sp³-hybridized carbons (Fsp3) is 0.778. The number of nitrogens with zero attached hydrogens (tertiary/aromatic N) is 2. The summed E-state index contributed by atoms with van der Waals surface area (Å²) in [5, 5.41) is 33.3. The van der Waals surface area contributed by atoms with Crippen molar-refractivity contribution >= 4 is 23.6 Å². The van der Waals surface area contributed by atoms with Crippen LogP contribution in [-0.2, 0) is 9.59 Å². The number of thioether (sulfide) groups is 1. The number of aliphatic carboxylic acids is 1. The molecular formula is C18H29N3O5S. The first kappa shape index (κ1) is 20.6. The van der Waals surface area contributed by atoms with E-state index in [9.17, 15) is 24.9 Å². The minimum absolute atomic E-state index is 0.00148. The molecule has 0 aliphatic carbocycles. The van der Waals surface area contributed by atoms with Crippen LogP contribution in [0.25, 0.3) is 0 Å². The monoisotopic (exact) mass is 399 g/mol. The van der Waals surface area contributed by atoms with Crippen LogP contribution in [0.4, 0.5) is 0 Å². The lowest BCUT2D eigenvalue weighted by molar-refractivity contribution is -0.161. The van der Waals surface area contributed by atoms with Gasteiger partial charge in [0.1, 0.15) is 5.70 Å². The lowest BCUT2D eigenvalue weighted by atomic mass is 9.83. The molecule has 3 aliphatic heterocycles. The van der Waals surface area contributed by atoms with Crippen LogP contribution >= 0.6 is 11.8 Å². The number of fused-ring (bicyclic) bond motifs is 1. The molecule has 2 saturated heterocycles. The highest BCUT2D eigenvalue weighted by Gasteiger charge is 2.57. The van der Waals surface area contributed by atoms with Crippen LogP contribution in [0.5, 0.6) is 0 Å². The number of amides is 1. The van der Waals surface area contributed by atoms with Crippen molar-refractivity contribution in [2.24, 2.45) is 5.92 Å². The molecule has 0 unspecified atom stereocenters. The number of carbonyl (C=O) groups is 2. The molecule has 9 heteroatoms. The third kappa shape index (κ3) is 4.02. The van der Waals surface area contributed by atoms with Crippen molar-refractivity contribution in [2.45, 2.75) is 55.7 Å². The van der Waals surface area contributed by atoms with Gasteiger partial charge in [0, 0.05) is 35.7 Å². The fourth-order valence-electron chi connectivity index (χ4n) is 4.24. The number of carbonyl (C=O) groups excluding carboxylic acids is 1. The van der Waals surface area contributed by atoms with Gasteiger partial charge in [-0.25, -0.2) is 4.79 Å². The molecule has 3 aliphatic rings. The quantitative estimate of drug-likeness (QED) is 0.411. The second-order valence-corrected chi connectivity index (χ2v) is 9.37. The highest BCUT2D eigenvalue weighted by molar-refractivity contribution is 8.03. The molecule has 0 bridgehead atoms. The van der Waals surface area contributed by atoms with Gasteiger partial charge in [0.25, 0.3) is 0 Å². The number of hydrogen-bond acceptors (Lipinski definition) is 7. The van der Waals surface area contributed by atoms with Crippen molar-refractivity contribution in [3.8, 4) is 0 Å². The molecule has 3 rings (SSSR count). The molecule has 0 aromatic heterocycles. The molecule has 6 atom stereocenters. The lowest BCUT2D eigenvalue weighted by Gasteiger charge is -2.44. The molecule has 2 fully saturated rings. The van der Waals surface area contributed by atoms with Crippen LogP contribution in [0.2, 0.25) is 0 Å². The minimum Gasteiger partial charge on any atom is -0.477 e. The van der Waals surface area contributed by atoms with E-state index in [2.05, 4.69) is 5.32 Å².